The minimum atomic E-state index is -0.554. The molecule has 0 unspecified atom stereocenters. The van der Waals surface area contributed by atoms with E-state index in [2.05, 4.69) is 12.1 Å². The number of hydrogen-bond donors (Lipinski definition) is 0. The van der Waals surface area contributed by atoms with Crippen molar-refractivity contribution in [1.29, 1.82) is 5.26 Å². The van der Waals surface area contributed by atoms with Crippen molar-refractivity contribution in [2.24, 2.45) is 0 Å². The summed E-state index contributed by atoms with van der Waals surface area (Å²) in [4.78, 5) is 11.6. The summed E-state index contributed by atoms with van der Waals surface area (Å²) < 4.78 is 4.87. The SMILES string of the molecule is CCOC(=O)/C(C#N)=C/c1cccc(C2CCCC2)c1. The number of carbonyl (C=O) groups excluding carboxylic acids is 1. The normalized spacial score (nSPS) is 15.9. The number of ether oxygens (including phenoxy) is 1. The monoisotopic (exact) mass is 269 g/mol. The fourth-order valence-corrected chi connectivity index (χ4v) is 2.67. The third-order valence-corrected chi connectivity index (χ3v) is 3.66. The zero-order valence-electron chi connectivity index (χ0n) is 11.8. The van der Waals surface area contributed by atoms with Crippen molar-refractivity contribution in [2.75, 3.05) is 6.61 Å². The topological polar surface area (TPSA) is 50.1 Å². The first-order chi connectivity index (χ1) is 9.74. The molecule has 1 saturated carbocycles. The van der Waals surface area contributed by atoms with Crippen LogP contribution in [-0.4, -0.2) is 12.6 Å². The molecule has 0 aromatic heterocycles. The largest absolute Gasteiger partial charge is 0.462 e. The van der Waals surface area contributed by atoms with Gasteiger partial charge in [0.25, 0.3) is 0 Å². The molecule has 1 aliphatic carbocycles. The van der Waals surface area contributed by atoms with Gasteiger partial charge >= 0.3 is 5.97 Å². The number of hydrogen-bond acceptors (Lipinski definition) is 3. The van der Waals surface area contributed by atoms with Crippen molar-refractivity contribution >= 4 is 12.0 Å². The van der Waals surface area contributed by atoms with Crippen LogP contribution in [0.1, 0.15) is 49.7 Å². The van der Waals surface area contributed by atoms with Gasteiger partial charge in [0.05, 0.1) is 6.61 Å². The van der Waals surface area contributed by atoms with Gasteiger partial charge in [-0.1, -0.05) is 37.1 Å². The smallest absolute Gasteiger partial charge is 0.348 e. The third kappa shape index (κ3) is 3.48. The molecule has 0 spiro atoms. The molecule has 1 aliphatic rings. The third-order valence-electron chi connectivity index (χ3n) is 3.66. The van der Waals surface area contributed by atoms with Crippen LogP contribution in [0.3, 0.4) is 0 Å². The summed E-state index contributed by atoms with van der Waals surface area (Å²) in [6.45, 7) is 2.01. The van der Waals surface area contributed by atoms with Gasteiger partial charge in [-0.05, 0) is 42.9 Å². The number of rotatable bonds is 4. The highest BCUT2D eigenvalue weighted by atomic mass is 16.5. The summed E-state index contributed by atoms with van der Waals surface area (Å²) in [5, 5.41) is 9.05. The second kappa shape index (κ2) is 6.91. The first-order valence-electron chi connectivity index (χ1n) is 7.13. The Morgan fingerprint density at radius 1 is 1.45 bits per heavy atom. The lowest BCUT2D eigenvalue weighted by Crippen LogP contribution is -2.06. The molecule has 0 amide bonds. The Balaban J connectivity index is 2.21. The Kier molecular flexibility index (Phi) is 4.95. The van der Waals surface area contributed by atoms with Gasteiger partial charge in [-0.2, -0.15) is 5.26 Å². The highest BCUT2D eigenvalue weighted by molar-refractivity contribution is 5.97. The van der Waals surface area contributed by atoms with E-state index in [1.54, 1.807) is 13.0 Å². The molecular formula is C17H19NO2. The van der Waals surface area contributed by atoms with Crippen molar-refractivity contribution in [1.82, 2.24) is 0 Å². The molecule has 20 heavy (non-hydrogen) atoms. The van der Waals surface area contributed by atoms with Crippen molar-refractivity contribution in [2.45, 2.75) is 38.5 Å². The van der Waals surface area contributed by atoms with E-state index in [0.717, 1.165) is 5.56 Å². The van der Waals surface area contributed by atoms with Gasteiger partial charge in [-0.3, -0.25) is 0 Å². The summed E-state index contributed by atoms with van der Waals surface area (Å²) >= 11 is 0. The van der Waals surface area contributed by atoms with Crippen LogP contribution >= 0.6 is 0 Å². The van der Waals surface area contributed by atoms with E-state index >= 15 is 0 Å². The lowest BCUT2D eigenvalue weighted by atomic mass is 9.95. The van der Waals surface area contributed by atoms with E-state index in [1.807, 2.05) is 18.2 Å². The minimum Gasteiger partial charge on any atom is -0.462 e. The van der Waals surface area contributed by atoms with E-state index in [4.69, 9.17) is 10.00 Å². The van der Waals surface area contributed by atoms with Gasteiger partial charge in [0.1, 0.15) is 11.6 Å². The molecule has 3 heteroatoms. The maximum atomic E-state index is 11.6. The van der Waals surface area contributed by atoms with E-state index in [1.165, 1.54) is 31.2 Å². The Morgan fingerprint density at radius 3 is 2.85 bits per heavy atom. The number of carbonyl (C=O) groups is 1. The van der Waals surface area contributed by atoms with Crippen LogP contribution in [-0.2, 0) is 9.53 Å². The lowest BCUT2D eigenvalue weighted by molar-refractivity contribution is -0.137. The lowest BCUT2D eigenvalue weighted by Gasteiger charge is -2.10. The van der Waals surface area contributed by atoms with Crippen molar-refractivity contribution in [3.8, 4) is 6.07 Å². The zero-order chi connectivity index (χ0) is 14.4. The molecule has 0 atom stereocenters. The molecule has 1 aromatic carbocycles. The van der Waals surface area contributed by atoms with Crippen LogP contribution in [0.2, 0.25) is 0 Å². The average molecular weight is 269 g/mol. The Bertz CT molecular complexity index is 548. The van der Waals surface area contributed by atoms with Crippen LogP contribution in [0.15, 0.2) is 29.8 Å². The van der Waals surface area contributed by atoms with Crippen LogP contribution in [0.5, 0.6) is 0 Å². The van der Waals surface area contributed by atoms with Gasteiger partial charge in [0.15, 0.2) is 0 Å². The number of benzene rings is 1. The first kappa shape index (κ1) is 14.3. The molecule has 3 nitrogen and oxygen atoms in total. The Labute approximate surface area is 119 Å². The van der Waals surface area contributed by atoms with Gasteiger partial charge in [-0.15, -0.1) is 0 Å². The van der Waals surface area contributed by atoms with Crippen molar-refractivity contribution < 1.29 is 9.53 Å². The second-order valence-electron chi connectivity index (χ2n) is 5.04. The maximum absolute atomic E-state index is 11.6. The molecule has 0 N–H and O–H groups in total. The van der Waals surface area contributed by atoms with Crippen molar-refractivity contribution in [3.05, 3.63) is 41.0 Å². The standard InChI is InChI=1S/C17H19NO2/c1-2-20-17(19)16(12-18)11-13-6-5-9-15(10-13)14-7-3-4-8-14/h5-6,9-11,14H,2-4,7-8H2,1H3/b16-11+. The van der Waals surface area contributed by atoms with Crippen LogP contribution in [0, 0.1) is 11.3 Å². The van der Waals surface area contributed by atoms with Crippen molar-refractivity contribution in [3.63, 3.8) is 0 Å². The minimum absolute atomic E-state index is 0.0513. The van der Waals surface area contributed by atoms with Gasteiger partial charge in [-0.25, -0.2) is 4.79 Å². The predicted molar refractivity (Wildman–Crippen MR) is 77.9 cm³/mol. The molecule has 1 aromatic rings. The van der Waals surface area contributed by atoms with E-state index < -0.39 is 5.97 Å². The highest BCUT2D eigenvalue weighted by Gasteiger charge is 2.17. The quantitative estimate of drug-likeness (QED) is 0.474. The highest BCUT2D eigenvalue weighted by Crippen LogP contribution is 2.34. The summed E-state index contributed by atoms with van der Waals surface area (Å²) in [6, 6.07) is 10.0. The summed E-state index contributed by atoms with van der Waals surface area (Å²) in [7, 11) is 0. The van der Waals surface area contributed by atoms with E-state index in [9.17, 15) is 4.79 Å². The number of nitrogens with zero attached hydrogens (tertiary/aromatic N) is 1. The van der Waals surface area contributed by atoms with Gasteiger partial charge in [0, 0.05) is 0 Å². The van der Waals surface area contributed by atoms with Gasteiger partial charge in [0.2, 0.25) is 0 Å². The van der Waals surface area contributed by atoms with E-state index in [-0.39, 0.29) is 12.2 Å². The zero-order valence-corrected chi connectivity index (χ0v) is 11.8. The molecule has 0 bridgehead atoms. The molecule has 1 fully saturated rings. The number of esters is 1. The molecule has 2 rings (SSSR count). The molecule has 0 aliphatic heterocycles. The summed E-state index contributed by atoms with van der Waals surface area (Å²) in [5.74, 6) is 0.0674. The maximum Gasteiger partial charge on any atom is 0.348 e. The predicted octanol–water partition coefficient (Wildman–Crippen LogP) is 3.81. The molecular weight excluding hydrogens is 250 g/mol. The second-order valence-corrected chi connectivity index (χ2v) is 5.04. The first-order valence-corrected chi connectivity index (χ1v) is 7.13. The van der Waals surface area contributed by atoms with Crippen LogP contribution < -0.4 is 0 Å². The summed E-state index contributed by atoms with van der Waals surface area (Å²) in [6.07, 6.45) is 6.65. The Morgan fingerprint density at radius 2 is 2.20 bits per heavy atom. The molecule has 104 valence electrons. The van der Waals surface area contributed by atoms with E-state index in [0.29, 0.717) is 5.92 Å². The summed E-state index contributed by atoms with van der Waals surface area (Å²) in [5.41, 5.74) is 2.24. The molecule has 0 radical (unpaired) electrons. The fraction of sp³-hybridized carbons (Fsp3) is 0.412. The molecule has 0 saturated heterocycles. The average Bonchev–Trinajstić information content (AvgIpc) is 2.99. The van der Waals surface area contributed by atoms with Gasteiger partial charge < -0.3 is 4.74 Å². The number of nitriles is 1. The van der Waals surface area contributed by atoms with Crippen LogP contribution in [0.25, 0.3) is 6.08 Å². The fourth-order valence-electron chi connectivity index (χ4n) is 2.67. The Hall–Kier alpha value is -2.08. The van der Waals surface area contributed by atoms with Crippen LogP contribution in [0.4, 0.5) is 0 Å². The molecule has 0 heterocycles.